The number of hydrogen-bond donors (Lipinski definition) is 0. The van der Waals surface area contributed by atoms with Gasteiger partial charge in [-0.2, -0.15) is 0 Å². The molecule has 0 N–H and O–H groups in total. The molecule has 1 aliphatic rings. The molecule has 1 saturated heterocycles. The Hall–Kier alpha value is -1.28. The van der Waals surface area contributed by atoms with Crippen LogP contribution in [0.1, 0.15) is 38.7 Å². The van der Waals surface area contributed by atoms with E-state index in [4.69, 9.17) is 16.6 Å². The molecule has 1 aromatic carbocycles. The van der Waals surface area contributed by atoms with Crippen molar-refractivity contribution in [1.82, 2.24) is 4.98 Å². The lowest BCUT2D eigenvalue weighted by molar-refractivity contribution is 0.301. The van der Waals surface area contributed by atoms with Gasteiger partial charge in [-0.1, -0.05) is 32.0 Å². The first-order chi connectivity index (χ1) is 10.2. The number of halogens is 1. The van der Waals surface area contributed by atoms with Crippen LogP contribution in [0.3, 0.4) is 0 Å². The number of alkyl halides is 1. The Bertz CT molecular complexity index is 634. The minimum absolute atomic E-state index is 0.455. The van der Waals surface area contributed by atoms with Crippen molar-refractivity contribution in [3.05, 3.63) is 35.9 Å². The van der Waals surface area contributed by atoms with Crippen LogP contribution in [0.25, 0.3) is 10.9 Å². The number of para-hydroxylation sites is 1. The Morgan fingerprint density at radius 1 is 1.24 bits per heavy atom. The van der Waals surface area contributed by atoms with E-state index in [0.29, 0.717) is 11.3 Å². The lowest BCUT2D eigenvalue weighted by Crippen LogP contribution is -2.27. The predicted octanol–water partition coefficient (Wildman–Crippen LogP) is 4.99. The summed E-state index contributed by atoms with van der Waals surface area (Å²) in [6.07, 6.45) is 3.74. The molecule has 1 aliphatic heterocycles. The summed E-state index contributed by atoms with van der Waals surface area (Å²) in [5.41, 5.74) is 2.67. The van der Waals surface area contributed by atoms with E-state index < -0.39 is 0 Å². The van der Waals surface area contributed by atoms with Crippen LogP contribution in [-0.4, -0.2) is 18.1 Å². The van der Waals surface area contributed by atoms with Crippen molar-refractivity contribution < 1.29 is 0 Å². The maximum absolute atomic E-state index is 6.18. The molecule has 112 valence electrons. The van der Waals surface area contributed by atoms with Crippen LogP contribution >= 0.6 is 11.6 Å². The molecule has 3 rings (SSSR count). The van der Waals surface area contributed by atoms with Crippen LogP contribution in [-0.2, 0) is 5.88 Å². The van der Waals surface area contributed by atoms with Crippen molar-refractivity contribution in [3.63, 3.8) is 0 Å². The first-order valence-corrected chi connectivity index (χ1v) is 8.44. The van der Waals surface area contributed by atoms with Gasteiger partial charge in [0, 0.05) is 24.0 Å². The molecular weight excluding hydrogens is 280 g/mol. The molecule has 2 heterocycles. The van der Waals surface area contributed by atoms with Gasteiger partial charge in [-0.05, 0) is 36.8 Å². The van der Waals surface area contributed by atoms with Gasteiger partial charge in [0.2, 0.25) is 0 Å². The van der Waals surface area contributed by atoms with Gasteiger partial charge in [-0.15, -0.1) is 11.6 Å². The third-order valence-corrected chi connectivity index (χ3v) is 5.45. The van der Waals surface area contributed by atoms with Crippen LogP contribution in [0.4, 0.5) is 5.82 Å². The number of rotatable bonds is 4. The smallest absolute Gasteiger partial charge is 0.133 e. The number of fused-ring (bicyclic) bond motifs is 1. The van der Waals surface area contributed by atoms with Gasteiger partial charge in [0.1, 0.15) is 5.82 Å². The molecule has 1 aromatic heterocycles. The highest BCUT2D eigenvalue weighted by molar-refractivity contribution is 6.17. The summed E-state index contributed by atoms with van der Waals surface area (Å²) in [4.78, 5) is 7.35. The molecule has 21 heavy (non-hydrogen) atoms. The Morgan fingerprint density at radius 2 is 2.00 bits per heavy atom. The molecule has 0 saturated carbocycles. The normalized spacial score (nSPS) is 17.6. The second-order valence-electron chi connectivity index (χ2n) is 6.18. The lowest BCUT2D eigenvalue weighted by atomic mass is 9.82. The third kappa shape index (κ3) is 2.62. The fourth-order valence-electron chi connectivity index (χ4n) is 3.46. The van der Waals surface area contributed by atoms with Crippen molar-refractivity contribution in [2.24, 2.45) is 5.41 Å². The lowest BCUT2D eigenvalue weighted by Gasteiger charge is -2.27. The summed E-state index contributed by atoms with van der Waals surface area (Å²) in [7, 11) is 0. The fourth-order valence-corrected chi connectivity index (χ4v) is 3.66. The summed E-state index contributed by atoms with van der Waals surface area (Å²) >= 11 is 6.18. The molecule has 2 nitrogen and oxygen atoms in total. The molecule has 0 unspecified atom stereocenters. The first kappa shape index (κ1) is 14.6. The SMILES string of the molecule is CCC1(CC)CCN(c2nc3ccccc3cc2CCl)C1. The number of pyridine rings is 1. The van der Waals surface area contributed by atoms with Gasteiger partial charge in [-0.25, -0.2) is 4.98 Å². The summed E-state index contributed by atoms with van der Waals surface area (Å²) < 4.78 is 0. The molecule has 0 amide bonds. The minimum atomic E-state index is 0.455. The van der Waals surface area contributed by atoms with Crippen LogP contribution in [0.2, 0.25) is 0 Å². The maximum Gasteiger partial charge on any atom is 0.133 e. The van der Waals surface area contributed by atoms with Crippen LogP contribution in [0.5, 0.6) is 0 Å². The summed E-state index contributed by atoms with van der Waals surface area (Å²) in [6, 6.07) is 10.5. The van der Waals surface area contributed by atoms with Gasteiger partial charge in [0.15, 0.2) is 0 Å². The van der Waals surface area contributed by atoms with Crippen LogP contribution < -0.4 is 4.90 Å². The molecule has 1 fully saturated rings. The first-order valence-electron chi connectivity index (χ1n) is 7.91. The van der Waals surface area contributed by atoms with Gasteiger partial charge in [-0.3, -0.25) is 0 Å². The Kier molecular flexibility index (Phi) is 4.08. The zero-order chi connectivity index (χ0) is 14.9. The van der Waals surface area contributed by atoms with Crippen molar-refractivity contribution in [1.29, 1.82) is 0 Å². The van der Waals surface area contributed by atoms with E-state index in [1.165, 1.54) is 24.6 Å². The topological polar surface area (TPSA) is 16.1 Å². The van der Waals surface area contributed by atoms with Crippen LogP contribution in [0.15, 0.2) is 30.3 Å². The van der Waals surface area contributed by atoms with Gasteiger partial charge >= 0.3 is 0 Å². The summed E-state index contributed by atoms with van der Waals surface area (Å²) in [5, 5.41) is 1.17. The standard InChI is InChI=1S/C18H23ClN2/c1-3-18(4-2)9-10-21(13-18)17-15(12-19)11-14-7-5-6-8-16(14)20-17/h5-8,11H,3-4,9-10,12-13H2,1-2H3. The zero-order valence-corrected chi connectivity index (χ0v) is 13.7. The van der Waals surface area contributed by atoms with E-state index in [1.54, 1.807) is 0 Å². The number of hydrogen-bond acceptors (Lipinski definition) is 2. The molecule has 0 aliphatic carbocycles. The van der Waals surface area contributed by atoms with E-state index >= 15 is 0 Å². The Balaban J connectivity index is 2.00. The summed E-state index contributed by atoms with van der Waals surface area (Å²) in [5.74, 6) is 1.61. The van der Waals surface area contributed by atoms with Gasteiger partial charge < -0.3 is 4.90 Å². The fraction of sp³-hybridized carbons (Fsp3) is 0.500. The van der Waals surface area contributed by atoms with Gasteiger partial charge in [0.05, 0.1) is 11.4 Å². The average Bonchev–Trinajstić information content (AvgIpc) is 2.98. The second kappa shape index (κ2) is 5.84. The van der Waals surface area contributed by atoms with E-state index in [9.17, 15) is 0 Å². The number of aromatic nitrogens is 1. The molecule has 0 radical (unpaired) electrons. The summed E-state index contributed by atoms with van der Waals surface area (Å²) in [6.45, 7) is 6.82. The maximum atomic E-state index is 6.18. The quantitative estimate of drug-likeness (QED) is 0.740. The highest BCUT2D eigenvalue weighted by Crippen LogP contribution is 2.40. The second-order valence-corrected chi connectivity index (χ2v) is 6.44. The zero-order valence-electron chi connectivity index (χ0n) is 12.9. The molecule has 0 spiro atoms. The van der Waals surface area contributed by atoms with Crippen molar-refractivity contribution in [3.8, 4) is 0 Å². The van der Waals surface area contributed by atoms with E-state index in [0.717, 1.165) is 30.0 Å². The van der Waals surface area contributed by atoms with E-state index in [-0.39, 0.29) is 0 Å². The molecule has 3 heteroatoms. The van der Waals surface area contributed by atoms with Crippen molar-refractivity contribution >= 4 is 28.3 Å². The van der Waals surface area contributed by atoms with Crippen molar-refractivity contribution in [2.45, 2.75) is 39.0 Å². The number of anilines is 1. The highest BCUT2D eigenvalue weighted by Gasteiger charge is 2.36. The highest BCUT2D eigenvalue weighted by atomic mass is 35.5. The van der Waals surface area contributed by atoms with E-state index in [1.807, 2.05) is 6.07 Å². The third-order valence-electron chi connectivity index (χ3n) is 5.16. The Morgan fingerprint density at radius 3 is 2.67 bits per heavy atom. The minimum Gasteiger partial charge on any atom is -0.356 e. The van der Waals surface area contributed by atoms with Gasteiger partial charge in [0.25, 0.3) is 0 Å². The Labute approximate surface area is 132 Å². The van der Waals surface area contributed by atoms with Crippen LogP contribution in [0, 0.1) is 5.41 Å². The van der Waals surface area contributed by atoms with E-state index in [2.05, 4.69) is 43.0 Å². The average molecular weight is 303 g/mol. The number of benzene rings is 1. The molecule has 2 aromatic rings. The predicted molar refractivity (Wildman–Crippen MR) is 91.1 cm³/mol. The van der Waals surface area contributed by atoms with Crippen molar-refractivity contribution in [2.75, 3.05) is 18.0 Å². The number of nitrogens with zero attached hydrogens (tertiary/aromatic N) is 2. The molecule has 0 bridgehead atoms. The monoisotopic (exact) mass is 302 g/mol. The molecule has 0 atom stereocenters. The largest absolute Gasteiger partial charge is 0.356 e. The molecular formula is C18H23ClN2.